The quantitative estimate of drug-likeness (QED) is 0.512. The van der Waals surface area contributed by atoms with E-state index in [-0.39, 0.29) is 11.5 Å². The number of hydrogen-bond donors (Lipinski definition) is 1. The zero-order valence-corrected chi connectivity index (χ0v) is 19.2. The second kappa shape index (κ2) is 10.7. The van der Waals surface area contributed by atoms with Crippen molar-refractivity contribution >= 4 is 0 Å². The van der Waals surface area contributed by atoms with Gasteiger partial charge in [0.1, 0.15) is 6.61 Å². The molecule has 32 heavy (non-hydrogen) atoms. The van der Waals surface area contributed by atoms with Gasteiger partial charge in [0.25, 0.3) is 0 Å². The molecule has 5 nitrogen and oxygen atoms in total. The Morgan fingerprint density at radius 3 is 2.53 bits per heavy atom. The smallest absolute Gasteiger partial charge is 0.194 e. The number of H-pyrrole nitrogens is 1. The first-order chi connectivity index (χ1) is 15.6. The van der Waals surface area contributed by atoms with Crippen LogP contribution in [0.15, 0.2) is 53.6 Å². The van der Waals surface area contributed by atoms with Crippen molar-refractivity contribution in [2.24, 2.45) is 7.05 Å². The molecule has 0 bridgehead atoms. The summed E-state index contributed by atoms with van der Waals surface area (Å²) >= 11 is 0. The van der Waals surface area contributed by atoms with Gasteiger partial charge in [0, 0.05) is 43.4 Å². The molecular formula is C27H34N2O3. The van der Waals surface area contributed by atoms with Crippen LogP contribution >= 0.6 is 0 Å². The predicted octanol–water partition coefficient (Wildman–Crippen LogP) is 5.07. The van der Waals surface area contributed by atoms with Crippen molar-refractivity contribution in [1.29, 1.82) is 0 Å². The first-order valence-corrected chi connectivity index (χ1v) is 11.8. The summed E-state index contributed by atoms with van der Waals surface area (Å²) < 4.78 is 13.7. The van der Waals surface area contributed by atoms with Crippen molar-refractivity contribution in [2.75, 3.05) is 13.2 Å². The van der Waals surface area contributed by atoms with E-state index in [4.69, 9.17) is 9.47 Å². The van der Waals surface area contributed by atoms with Gasteiger partial charge in [-0.1, -0.05) is 37.6 Å². The van der Waals surface area contributed by atoms with Crippen LogP contribution in [-0.2, 0) is 31.0 Å². The minimum atomic E-state index is -0.0113. The highest BCUT2D eigenvalue weighted by molar-refractivity contribution is 5.66. The number of hydrogen-bond acceptors (Lipinski definition) is 3. The fourth-order valence-electron chi connectivity index (χ4n) is 4.37. The van der Waals surface area contributed by atoms with Crippen LogP contribution < -0.4 is 10.2 Å². The lowest BCUT2D eigenvalue weighted by Gasteiger charge is -2.22. The highest BCUT2D eigenvalue weighted by Gasteiger charge is 2.17. The number of rotatable bonds is 9. The number of aromatic nitrogens is 2. The number of ether oxygens (including phenoxy) is 2. The van der Waals surface area contributed by atoms with E-state index in [1.54, 1.807) is 6.07 Å². The van der Waals surface area contributed by atoms with Crippen molar-refractivity contribution in [1.82, 2.24) is 9.55 Å². The number of nitrogens with zero attached hydrogens (tertiary/aromatic N) is 1. The van der Waals surface area contributed by atoms with Gasteiger partial charge in [-0.15, -0.1) is 0 Å². The van der Waals surface area contributed by atoms with Gasteiger partial charge in [0.15, 0.2) is 11.3 Å². The summed E-state index contributed by atoms with van der Waals surface area (Å²) in [5, 5.41) is 0. The molecule has 3 heterocycles. The normalized spacial score (nSPS) is 16.2. The van der Waals surface area contributed by atoms with Crippen LogP contribution in [0.2, 0.25) is 0 Å². The molecule has 0 aliphatic carbocycles. The average Bonchev–Trinajstić information content (AvgIpc) is 3.23. The summed E-state index contributed by atoms with van der Waals surface area (Å²) in [7, 11) is 1.97. The average molecular weight is 435 g/mol. The minimum absolute atomic E-state index is 0.0113. The zero-order chi connectivity index (χ0) is 22.3. The molecule has 1 N–H and O–H groups in total. The maximum absolute atomic E-state index is 13.1. The highest BCUT2D eigenvalue weighted by Crippen LogP contribution is 2.23. The number of aromatic amines is 1. The van der Waals surface area contributed by atoms with Crippen LogP contribution in [0.3, 0.4) is 0 Å². The topological polar surface area (TPSA) is 56.2 Å². The van der Waals surface area contributed by atoms with Gasteiger partial charge in [-0.3, -0.25) is 4.79 Å². The molecule has 5 heteroatoms. The van der Waals surface area contributed by atoms with Crippen LogP contribution in [0.1, 0.15) is 49.4 Å². The Morgan fingerprint density at radius 1 is 1.09 bits per heavy atom. The molecule has 1 aliphatic rings. The van der Waals surface area contributed by atoms with Gasteiger partial charge < -0.3 is 19.0 Å². The molecule has 0 amide bonds. The Hall–Kier alpha value is -2.79. The molecule has 1 aliphatic heterocycles. The predicted molar refractivity (Wildman–Crippen MR) is 128 cm³/mol. The Kier molecular flexibility index (Phi) is 7.48. The van der Waals surface area contributed by atoms with Crippen LogP contribution in [0.25, 0.3) is 11.1 Å². The second-order valence-corrected chi connectivity index (χ2v) is 8.78. The van der Waals surface area contributed by atoms with Crippen molar-refractivity contribution in [3.8, 4) is 17.0 Å². The number of benzene rings is 1. The monoisotopic (exact) mass is 434 g/mol. The highest BCUT2D eigenvalue weighted by atomic mass is 16.5. The van der Waals surface area contributed by atoms with Crippen LogP contribution in [-0.4, -0.2) is 28.9 Å². The van der Waals surface area contributed by atoms with E-state index in [0.717, 1.165) is 62.0 Å². The lowest BCUT2D eigenvalue weighted by atomic mass is 9.99. The van der Waals surface area contributed by atoms with Crippen LogP contribution in [0, 0.1) is 0 Å². The van der Waals surface area contributed by atoms with Crippen molar-refractivity contribution in [3.05, 3.63) is 75.8 Å². The Morgan fingerprint density at radius 2 is 1.88 bits per heavy atom. The Bertz CT molecular complexity index is 1060. The molecule has 1 unspecified atom stereocenters. The van der Waals surface area contributed by atoms with Gasteiger partial charge in [-0.05, 0) is 55.7 Å². The summed E-state index contributed by atoms with van der Waals surface area (Å²) in [5.41, 5.74) is 5.21. The minimum Gasteiger partial charge on any atom is -0.476 e. The van der Waals surface area contributed by atoms with Crippen molar-refractivity contribution in [3.63, 3.8) is 0 Å². The molecule has 3 aromatic rings. The van der Waals surface area contributed by atoms with E-state index in [1.165, 1.54) is 17.5 Å². The summed E-state index contributed by atoms with van der Waals surface area (Å²) in [6.07, 6.45) is 11.2. The number of pyridine rings is 1. The molecule has 0 saturated carbocycles. The van der Waals surface area contributed by atoms with Gasteiger partial charge >= 0.3 is 0 Å². The standard InChI is InChI=1S/C27H34N2O3/c1-3-6-20-8-10-21(11-9-20)12-13-24-27(22-14-15-29(2)18-22)25(30)17-26(28-24)32-19-23-7-4-5-16-31-23/h8-11,14-15,17-18,23H,3-7,12-13,16,19H2,1-2H3,(H,28,30). The van der Waals surface area contributed by atoms with Gasteiger partial charge in [0.05, 0.1) is 11.7 Å². The summed E-state index contributed by atoms with van der Waals surface area (Å²) in [6.45, 7) is 3.46. The third kappa shape index (κ3) is 5.71. The third-order valence-corrected chi connectivity index (χ3v) is 6.13. The fourth-order valence-corrected chi connectivity index (χ4v) is 4.37. The number of nitrogens with one attached hydrogen (secondary N) is 1. The fraction of sp³-hybridized carbons (Fsp3) is 0.444. The van der Waals surface area contributed by atoms with Gasteiger partial charge in [-0.2, -0.15) is 0 Å². The second-order valence-electron chi connectivity index (χ2n) is 8.78. The van der Waals surface area contributed by atoms with E-state index in [1.807, 2.05) is 30.1 Å². The van der Waals surface area contributed by atoms with Crippen molar-refractivity contribution in [2.45, 2.75) is 58.0 Å². The Labute approximate surface area is 190 Å². The molecule has 0 spiro atoms. The largest absolute Gasteiger partial charge is 0.476 e. The lowest BCUT2D eigenvalue weighted by Crippen LogP contribution is -2.26. The van der Waals surface area contributed by atoms with Gasteiger partial charge in [-0.25, -0.2) is 0 Å². The molecule has 1 atom stereocenters. The SMILES string of the molecule is CCCc1ccc(CCc2[nH]c(OCC3CCCCO3)cc(=O)c2-c2ccn(C)c2)cc1. The van der Waals surface area contributed by atoms with Crippen LogP contribution in [0.4, 0.5) is 0 Å². The van der Waals surface area contributed by atoms with Gasteiger partial charge in [0.2, 0.25) is 0 Å². The maximum atomic E-state index is 13.1. The molecule has 1 fully saturated rings. The molecule has 1 saturated heterocycles. The summed E-state index contributed by atoms with van der Waals surface area (Å²) in [4.78, 5) is 16.5. The van der Waals surface area contributed by atoms with E-state index < -0.39 is 0 Å². The lowest BCUT2D eigenvalue weighted by molar-refractivity contribution is -0.0119. The van der Waals surface area contributed by atoms with E-state index >= 15 is 0 Å². The first kappa shape index (κ1) is 22.4. The van der Waals surface area contributed by atoms with E-state index in [0.29, 0.717) is 12.5 Å². The zero-order valence-electron chi connectivity index (χ0n) is 19.2. The molecule has 4 rings (SSSR count). The molecule has 0 radical (unpaired) electrons. The molecule has 1 aromatic carbocycles. The summed E-state index contributed by atoms with van der Waals surface area (Å²) in [5.74, 6) is 0.525. The summed E-state index contributed by atoms with van der Waals surface area (Å²) in [6, 6.07) is 12.4. The van der Waals surface area contributed by atoms with Crippen LogP contribution in [0.5, 0.6) is 5.88 Å². The molecule has 2 aromatic heterocycles. The Balaban J connectivity index is 1.55. The maximum Gasteiger partial charge on any atom is 0.194 e. The molecule has 170 valence electrons. The molecular weight excluding hydrogens is 400 g/mol. The van der Waals surface area contributed by atoms with E-state index in [9.17, 15) is 4.79 Å². The third-order valence-electron chi connectivity index (χ3n) is 6.13. The first-order valence-electron chi connectivity index (χ1n) is 11.8. The van der Waals surface area contributed by atoms with E-state index in [2.05, 4.69) is 36.2 Å². The number of aryl methyl sites for hydroxylation is 4. The van der Waals surface area contributed by atoms with Crippen molar-refractivity contribution < 1.29 is 9.47 Å².